The molecule has 4 rings (SSSR count). The van der Waals surface area contributed by atoms with Crippen molar-refractivity contribution in [2.45, 2.75) is 12.8 Å². The molecule has 2 fully saturated rings. The Morgan fingerprint density at radius 2 is 2.03 bits per heavy atom. The number of hydrogen-bond donors (Lipinski definition) is 1. The van der Waals surface area contributed by atoms with Gasteiger partial charge in [-0.05, 0) is 31.1 Å². The van der Waals surface area contributed by atoms with Gasteiger partial charge in [0.1, 0.15) is 35.2 Å². The molecule has 7 nitrogen and oxygen atoms in total. The zero-order valence-electron chi connectivity index (χ0n) is 15.8. The number of halogens is 1. The van der Waals surface area contributed by atoms with E-state index in [1.807, 2.05) is 4.90 Å². The molecule has 1 N–H and O–H groups in total. The van der Waals surface area contributed by atoms with Crippen molar-refractivity contribution in [2.24, 2.45) is 5.41 Å². The Bertz CT molecular complexity index is 996. The number of hydrogen-bond acceptors (Lipinski definition) is 6. The highest BCUT2D eigenvalue weighted by Crippen LogP contribution is 2.42. The third-order valence-electron chi connectivity index (χ3n) is 5.83. The Balaban J connectivity index is 1.58. The first kappa shape index (κ1) is 18.9. The van der Waals surface area contributed by atoms with Gasteiger partial charge in [0.15, 0.2) is 5.82 Å². The number of phenols is 1. The Labute approximate surface area is 167 Å². The summed E-state index contributed by atoms with van der Waals surface area (Å²) in [6, 6.07) is 6.06. The number of anilines is 1. The van der Waals surface area contributed by atoms with E-state index in [1.54, 1.807) is 4.90 Å². The summed E-state index contributed by atoms with van der Waals surface area (Å²) < 4.78 is 14.3. The highest BCUT2D eigenvalue weighted by Gasteiger charge is 2.46. The van der Waals surface area contributed by atoms with Crippen LogP contribution in [-0.2, 0) is 4.79 Å². The van der Waals surface area contributed by atoms with E-state index < -0.39 is 5.82 Å². The van der Waals surface area contributed by atoms with E-state index in [9.17, 15) is 19.6 Å². The predicted molar refractivity (Wildman–Crippen MR) is 104 cm³/mol. The van der Waals surface area contributed by atoms with Crippen LogP contribution in [0.1, 0.15) is 18.4 Å². The largest absolute Gasteiger partial charge is 0.507 e. The standard InChI is InChI=1S/C21H20FN5O2/c1-2-17(29)27-11-21(12-27)6-8-26(9-7-21)20-14(10-23)19(24-13-25-20)18-15(22)4-3-5-16(18)28/h2-5,13,28H,1,6-9,11-12H2. The number of likely N-dealkylation sites (tertiary alicyclic amines) is 1. The van der Waals surface area contributed by atoms with Gasteiger partial charge in [0, 0.05) is 31.6 Å². The van der Waals surface area contributed by atoms with Crippen LogP contribution >= 0.6 is 0 Å². The van der Waals surface area contributed by atoms with Gasteiger partial charge in [-0.15, -0.1) is 0 Å². The molecule has 1 amide bonds. The van der Waals surface area contributed by atoms with Crippen LogP contribution in [0, 0.1) is 22.6 Å². The summed E-state index contributed by atoms with van der Waals surface area (Å²) in [6.45, 7) is 6.30. The van der Waals surface area contributed by atoms with Crippen LogP contribution in [0.4, 0.5) is 10.2 Å². The lowest BCUT2D eigenvalue weighted by Gasteiger charge is -2.53. The fourth-order valence-corrected chi connectivity index (χ4v) is 4.21. The first-order chi connectivity index (χ1) is 14.0. The van der Waals surface area contributed by atoms with Crippen LogP contribution in [0.15, 0.2) is 37.2 Å². The van der Waals surface area contributed by atoms with Crippen molar-refractivity contribution in [2.75, 3.05) is 31.1 Å². The quantitative estimate of drug-likeness (QED) is 0.806. The Hall–Kier alpha value is -3.47. The predicted octanol–water partition coefficient (Wildman–Crippen LogP) is 2.47. The van der Waals surface area contributed by atoms with Crippen LogP contribution in [0.2, 0.25) is 0 Å². The molecule has 3 heterocycles. The minimum absolute atomic E-state index is 0.0463. The van der Waals surface area contributed by atoms with Crippen molar-refractivity contribution in [3.8, 4) is 23.1 Å². The van der Waals surface area contributed by atoms with Gasteiger partial charge in [0.25, 0.3) is 0 Å². The molecular weight excluding hydrogens is 373 g/mol. The second-order valence-electron chi connectivity index (χ2n) is 7.55. The Morgan fingerprint density at radius 1 is 1.31 bits per heavy atom. The molecule has 0 bridgehead atoms. The fourth-order valence-electron chi connectivity index (χ4n) is 4.21. The van der Waals surface area contributed by atoms with Gasteiger partial charge in [0.2, 0.25) is 5.91 Å². The number of amides is 1. The van der Waals surface area contributed by atoms with Crippen molar-refractivity contribution in [1.82, 2.24) is 14.9 Å². The van der Waals surface area contributed by atoms with Gasteiger partial charge >= 0.3 is 0 Å². The molecule has 1 aromatic heterocycles. The molecule has 0 atom stereocenters. The smallest absolute Gasteiger partial charge is 0.245 e. The van der Waals surface area contributed by atoms with Crippen LogP contribution in [0.25, 0.3) is 11.3 Å². The number of nitrogens with zero attached hydrogens (tertiary/aromatic N) is 5. The molecule has 8 heteroatoms. The lowest BCUT2D eigenvalue weighted by molar-refractivity contribution is -0.139. The third kappa shape index (κ3) is 3.18. The van der Waals surface area contributed by atoms with Gasteiger partial charge in [0.05, 0.1) is 5.56 Å². The first-order valence-electron chi connectivity index (χ1n) is 9.37. The number of benzene rings is 1. The summed E-state index contributed by atoms with van der Waals surface area (Å²) in [4.78, 5) is 23.8. The van der Waals surface area contributed by atoms with E-state index in [4.69, 9.17) is 0 Å². The molecule has 0 saturated carbocycles. The van der Waals surface area contributed by atoms with Crippen molar-refractivity contribution in [3.63, 3.8) is 0 Å². The summed E-state index contributed by atoms with van der Waals surface area (Å²) in [6.07, 6.45) is 4.35. The van der Waals surface area contributed by atoms with Gasteiger partial charge in [-0.2, -0.15) is 5.26 Å². The molecule has 0 unspecified atom stereocenters. The molecule has 2 aromatic rings. The van der Waals surface area contributed by atoms with Crippen molar-refractivity contribution in [3.05, 3.63) is 48.6 Å². The Morgan fingerprint density at radius 3 is 2.66 bits per heavy atom. The molecular formula is C21H20FN5O2. The zero-order valence-corrected chi connectivity index (χ0v) is 15.8. The third-order valence-corrected chi connectivity index (χ3v) is 5.83. The number of nitriles is 1. The molecule has 1 aromatic carbocycles. The number of rotatable bonds is 3. The average molecular weight is 393 g/mol. The average Bonchev–Trinajstić information content (AvgIpc) is 2.71. The normalized spacial score (nSPS) is 17.5. The van der Waals surface area contributed by atoms with Gasteiger partial charge in [-0.25, -0.2) is 14.4 Å². The van der Waals surface area contributed by atoms with Crippen LogP contribution in [0.5, 0.6) is 5.75 Å². The summed E-state index contributed by atoms with van der Waals surface area (Å²) in [5, 5.41) is 19.8. The van der Waals surface area contributed by atoms with E-state index >= 15 is 0 Å². The van der Waals surface area contributed by atoms with E-state index in [0.29, 0.717) is 18.9 Å². The molecule has 0 aliphatic carbocycles. The highest BCUT2D eigenvalue weighted by molar-refractivity contribution is 5.87. The molecule has 2 aliphatic rings. The van der Waals surface area contributed by atoms with Crippen LogP contribution in [0.3, 0.4) is 0 Å². The van der Waals surface area contributed by atoms with Crippen LogP contribution in [-0.4, -0.2) is 52.1 Å². The van der Waals surface area contributed by atoms with E-state index in [1.165, 1.54) is 30.6 Å². The van der Waals surface area contributed by atoms with Gasteiger partial charge in [-0.3, -0.25) is 4.79 Å². The number of carbonyl (C=O) groups is 1. The summed E-state index contributed by atoms with van der Waals surface area (Å²) in [7, 11) is 0. The second kappa shape index (κ2) is 7.17. The summed E-state index contributed by atoms with van der Waals surface area (Å²) >= 11 is 0. The number of piperidine rings is 1. The SMILES string of the molecule is C=CC(=O)N1CC2(CCN(c3ncnc(-c4c(O)cccc4F)c3C#N)CC2)C1. The van der Waals surface area contributed by atoms with Crippen molar-refractivity contribution in [1.29, 1.82) is 5.26 Å². The summed E-state index contributed by atoms with van der Waals surface area (Å²) in [5.41, 5.74) is 0.223. The number of aromatic nitrogens is 2. The lowest BCUT2D eigenvalue weighted by atomic mass is 9.72. The molecule has 148 valence electrons. The Kier molecular flexibility index (Phi) is 4.66. The maximum Gasteiger partial charge on any atom is 0.245 e. The van der Waals surface area contributed by atoms with Crippen LogP contribution < -0.4 is 4.90 Å². The number of phenolic OH excluding ortho intramolecular Hbond substituents is 1. The minimum atomic E-state index is -0.648. The highest BCUT2D eigenvalue weighted by atomic mass is 19.1. The van der Waals surface area contributed by atoms with E-state index in [2.05, 4.69) is 22.6 Å². The van der Waals surface area contributed by atoms with E-state index in [0.717, 1.165) is 25.9 Å². The first-order valence-corrected chi connectivity index (χ1v) is 9.37. The minimum Gasteiger partial charge on any atom is -0.507 e. The fraction of sp³-hybridized carbons (Fsp3) is 0.333. The summed E-state index contributed by atoms with van der Waals surface area (Å²) in [5.74, 6) is -0.529. The number of carbonyl (C=O) groups excluding carboxylic acids is 1. The molecule has 2 aliphatic heterocycles. The number of aromatic hydroxyl groups is 1. The maximum absolute atomic E-state index is 14.3. The molecule has 2 saturated heterocycles. The van der Waals surface area contributed by atoms with Crippen molar-refractivity contribution >= 4 is 11.7 Å². The van der Waals surface area contributed by atoms with Gasteiger partial charge in [-0.1, -0.05) is 12.6 Å². The van der Waals surface area contributed by atoms with E-state index in [-0.39, 0.29) is 33.9 Å². The molecule has 1 spiro atoms. The monoisotopic (exact) mass is 393 g/mol. The van der Waals surface area contributed by atoms with Gasteiger partial charge < -0.3 is 14.9 Å². The van der Waals surface area contributed by atoms with Crippen molar-refractivity contribution < 1.29 is 14.3 Å². The lowest BCUT2D eigenvalue weighted by Crippen LogP contribution is -2.61. The molecule has 0 radical (unpaired) electrons. The zero-order chi connectivity index (χ0) is 20.6. The molecule has 29 heavy (non-hydrogen) atoms. The topological polar surface area (TPSA) is 93.3 Å². The maximum atomic E-state index is 14.3. The second-order valence-corrected chi connectivity index (χ2v) is 7.55.